The van der Waals surface area contributed by atoms with E-state index in [0.717, 1.165) is 44.6 Å². The molecule has 134 valence electrons. The van der Waals surface area contributed by atoms with E-state index in [1.807, 2.05) is 12.1 Å². The van der Waals surface area contributed by atoms with Crippen LogP contribution in [-0.2, 0) is 0 Å². The first-order valence-corrected chi connectivity index (χ1v) is 9.66. The first-order valence-electron chi connectivity index (χ1n) is 8.84. The Morgan fingerprint density at radius 1 is 1.04 bits per heavy atom. The Bertz CT molecular complexity index is 505. The summed E-state index contributed by atoms with van der Waals surface area (Å²) in [7, 11) is 0. The monoisotopic (exact) mass is 358 g/mol. The van der Waals surface area contributed by atoms with E-state index in [1.54, 1.807) is 12.1 Å². The summed E-state index contributed by atoms with van der Waals surface area (Å²) in [6.07, 6.45) is 5.90. The molecule has 0 radical (unpaired) electrons. The molecule has 2 aliphatic rings. The van der Waals surface area contributed by atoms with Gasteiger partial charge in [0.2, 0.25) is 0 Å². The minimum Gasteiger partial charge on any atom is -0.314 e. The maximum atomic E-state index is 13.0. The van der Waals surface area contributed by atoms with Crippen molar-refractivity contribution in [2.75, 3.05) is 26.2 Å². The predicted molar refractivity (Wildman–Crippen MR) is 92.1 cm³/mol. The van der Waals surface area contributed by atoms with E-state index >= 15 is 0 Å². The van der Waals surface area contributed by atoms with Crippen LogP contribution in [0.5, 0.6) is 0 Å². The van der Waals surface area contributed by atoms with Gasteiger partial charge in [0.1, 0.15) is 0 Å². The molecule has 1 N–H and O–H groups in total. The van der Waals surface area contributed by atoms with Gasteiger partial charge in [-0.15, -0.1) is 0 Å². The average Bonchev–Trinajstić information content (AvgIpc) is 2.57. The fourth-order valence-corrected chi connectivity index (χ4v) is 4.80. The highest BCUT2D eigenvalue weighted by molar-refractivity contribution is 8.00. The van der Waals surface area contributed by atoms with Gasteiger partial charge in [-0.2, -0.15) is 13.2 Å². The minimum atomic E-state index is -4.24. The van der Waals surface area contributed by atoms with Gasteiger partial charge in [0.25, 0.3) is 0 Å². The quantitative estimate of drug-likeness (QED) is 0.777. The molecule has 2 nitrogen and oxygen atoms in total. The molecular weight excluding hydrogens is 333 g/mol. The average molecular weight is 358 g/mol. The van der Waals surface area contributed by atoms with Crippen LogP contribution < -0.4 is 5.32 Å². The van der Waals surface area contributed by atoms with Gasteiger partial charge in [-0.25, -0.2) is 0 Å². The number of rotatable bonds is 4. The SMILES string of the molecule is FC(F)(F)Sc1ccccc1[C@H](C1CCCCC1)N1CCNCC1. The van der Waals surface area contributed by atoms with Crippen molar-refractivity contribution in [2.24, 2.45) is 5.92 Å². The molecule has 6 heteroatoms. The topological polar surface area (TPSA) is 15.3 Å². The Balaban J connectivity index is 1.92. The van der Waals surface area contributed by atoms with Crippen LogP contribution in [0.1, 0.15) is 43.7 Å². The van der Waals surface area contributed by atoms with Crippen molar-refractivity contribution in [1.82, 2.24) is 10.2 Å². The highest BCUT2D eigenvalue weighted by Crippen LogP contribution is 2.45. The number of halogens is 3. The van der Waals surface area contributed by atoms with E-state index in [9.17, 15) is 13.2 Å². The summed E-state index contributed by atoms with van der Waals surface area (Å²) in [4.78, 5) is 2.78. The summed E-state index contributed by atoms with van der Waals surface area (Å²) < 4.78 is 39.0. The van der Waals surface area contributed by atoms with Crippen molar-refractivity contribution in [3.05, 3.63) is 29.8 Å². The number of benzene rings is 1. The van der Waals surface area contributed by atoms with Gasteiger partial charge in [0.05, 0.1) is 0 Å². The smallest absolute Gasteiger partial charge is 0.314 e. The summed E-state index contributed by atoms with van der Waals surface area (Å²) in [5.41, 5.74) is -3.37. The number of alkyl halides is 3. The lowest BCUT2D eigenvalue weighted by molar-refractivity contribution is -0.0329. The molecule has 24 heavy (non-hydrogen) atoms. The molecule has 1 aromatic rings. The van der Waals surface area contributed by atoms with Gasteiger partial charge in [-0.3, -0.25) is 4.90 Å². The van der Waals surface area contributed by atoms with Crippen LogP contribution in [0.4, 0.5) is 13.2 Å². The van der Waals surface area contributed by atoms with Crippen molar-refractivity contribution in [3.63, 3.8) is 0 Å². The fraction of sp³-hybridized carbons (Fsp3) is 0.667. The summed E-state index contributed by atoms with van der Waals surface area (Å²) >= 11 is 0.0414. The van der Waals surface area contributed by atoms with Gasteiger partial charge in [-0.05, 0) is 42.2 Å². The second-order valence-corrected chi connectivity index (χ2v) is 7.82. The molecule has 0 spiro atoms. The van der Waals surface area contributed by atoms with Crippen LogP contribution in [0.15, 0.2) is 29.2 Å². The zero-order valence-corrected chi connectivity index (χ0v) is 14.6. The number of hydrogen-bond donors (Lipinski definition) is 1. The molecule has 1 aliphatic carbocycles. The highest BCUT2D eigenvalue weighted by Gasteiger charge is 2.35. The molecule has 1 aliphatic heterocycles. The standard InChI is InChI=1S/C18H25F3N2S/c19-18(20,21)24-16-9-5-4-8-15(16)17(14-6-2-1-3-7-14)23-12-10-22-11-13-23/h4-5,8-9,14,17,22H,1-3,6-7,10-13H2/t17-/m0/s1. The lowest BCUT2D eigenvalue weighted by Gasteiger charge is -2.42. The molecule has 1 saturated carbocycles. The van der Waals surface area contributed by atoms with Gasteiger partial charge >= 0.3 is 5.51 Å². The predicted octanol–water partition coefficient (Wildman–Crippen LogP) is 4.83. The molecule has 1 saturated heterocycles. The van der Waals surface area contributed by atoms with Gasteiger partial charge in [-0.1, -0.05) is 37.5 Å². The van der Waals surface area contributed by atoms with Crippen LogP contribution in [0.3, 0.4) is 0 Å². The number of nitrogens with zero attached hydrogens (tertiary/aromatic N) is 1. The minimum absolute atomic E-state index is 0.0414. The molecular formula is C18H25F3N2S. The Kier molecular flexibility index (Phi) is 6.11. The van der Waals surface area contributed by atoms with E-state index in [2.05, 4.69) is 10.2 Å². The van der Waals surface area contributed by atoms with Crippen molar-refractivity contribution in [2.45, 2.75) is 48.5 Å². The van der Waals surface area contributed by atoms with Crippen molar-refractivity contribution < 1.29 is 13.2 Å². The van der Waals surface area contributed by atoms with Crippen LogP contribution in [0.2, 0.25) is 0 Å². The molecule has 3 rings (SSSR count). The molecule has 1 aromatic carbocycles. The molecule has 1 heterocycles. The Morgan fingerprint density at radius 3 is 2.38 bits per heavy atom. The van der Waals surface area contributed by atoms with Crippen molar-refractivity contribution in [3.8, 4) is 0 Å². The normalized spacial score (nSPS) is 22.5. The van der Waals surface area contributed by atoms with Crippen molar-refractivity contribution >= 4 is 11.8 Å². The van der Waals surface area contributed by atoms with E-state index < -0.39 is 5.51 Å². The number of thioether (sulfide) groups is 1. The fourth-order valence-electron chi connectivity index (χ4n) is 4.10. The van der Waals surface area contributed by atoms with Crippen LogP contribution in [-0.4, -0.2) is 36.6 Å². The molecule has 2 fully saturated rings. The number of hydrogen-bond acceptors (Lipinski definition) is 3. The molecule has 0 amide bonds. The molecule has 0 bridgehead atoms. The first kappa shape index (κ1) is 18.1. The lowest BCUT2D eigenvalue weighted by Crippen LogP contribution is -2.47. The first-order chi connectivity index (χ1) is 11.5. The van der Waals surface area contributed by atoms with E-state index in [1.165, 1.54) is 19.3 Å². The summed E-state index contributed by atoms with van der Waals surface area (Å²) in [5.74, 6) is 0.465. The van der Waals surface area contributed by atoms with Gasteiger partial charge < -0.3 is 5.32 Å². The largest absolute Gasteiger partial charge is 0.446 e. The zero-order valence-electron chi connectivity index (χ0n) is 13.8. The second kappa shape index (κ2) is 8.11. The van der Waals surface area contributed by atoms with Crippen LogP contribution in [0.25, 0.3) is 0 Å². The lowest BCUT2D eigenvalue weighted by atomic mass is 9.80. The Labute approximate surface area is 146 Å². The molecule has 0 unspecified atom stereocenters. The second-order valence-electron chi connectivity index (χ2n) is 6.71. The summed E-state index contributed by atoms with van der Waals surface area (Å²) in [6, 6.07) is 7.25. The van der Waals surface area contributed by atoms with Crippen LogP contribution >= 0.6 is 11.8 Å². The van der Waals surface area contributed by atoms with E-state index in [4.69, 9.17) is 0 Å². The Hall–Kier alpha value is -0.720. The highest BCUT2D eigenvalue weighted by atomic mass is 32.2. The third-order valence-electron chi connectivity index (χ3n) is 5.10. The zero-order chi connectivity index (χ0) is 17.0. The van der Waals surface area contributed by atoms with Crippen LogP contribution in [0, 0.1) is 5.92 Å². The maximum Gasteiger partial charge on any atom is 0.446 e. The number of piperazine rings is 1. The maximum absolute atomic E-state index is 13.0. The summed E-state index contributed by atoms with van der Waals surface area (Å²) in [5, 5.41) is 3.35. The molecule has 1 atom stereocenters. The number of nitrogens with one attached hydrogen (secondary N) is 1. The molecule has 0 aromatic heterocycles. The van der Waals surface area contributed by atoms with Gasteiger partial charge in [0, 0.05) is 37.1 Å². The Morgan fingerprint density at radius 2 is 1.71 bits per heavy atom. The third-order valence-corrected chi connectivity index (χ3v) is 5.93. The third kappa shape index (κ3) is 4.67. The van der Waals surface area contributed by atoms with Gasteiger partial charge in [0.15, 0.2) is 0 Å². The van der Waals surface area contributed by atoms with E-state index in [-0.39, 0.29) is 17.8 Å². The van der Waals surface area contributed by atoms with E-state index in [0.29, 0.717) is 10.8 Å². The van der Waals surface area contributed by atoms with Crippen molar-refractivity contribution in [1.29, 1.82) is 0 Å². The summed E-state index contributed by atoms with van der Waals surface area (Å²) in [6.45, 7) is 3.65.